The number of carbonyl (C=O) groups is 2. The Bertz CT molecular complexity index is 1250. The number of aryl methyl sites for hydroxylation is 1. The van der Waals surface area contributed by atoms with E-state index in [4.69, 9.17) is 9.47 Å². The van der Waals surface area contributed by atoms with Gasteiger partial charge in [0.25, 0.3) is 11.7 Å². The van der Waals surface area contributed by atoms with Crippen LogP contribution in [0, 0.1) is 12.7 Å². The molecule has 1 saturated heterocycles. The van der Waals surface area contributed by atoms with Crippen molar-refractivity contribution in [2.45, 2.75) is 13.0 Å². The first-order chi connectivity index (χ1) is 15.4. The zero-order valence-corrected chi connectivity index (χ0v) is 18.4. The molecule has 1 unspecified atom stereocenters. The number of thiophene rings is 1. The minimum Gasteiger partial charge on any atom is -0.507 e. The summed E-state index contributed by atoms with van der Waals surface area (Å²) in [4.78, 5) is 28.2. The van der Waals surface area contributed by atoms with Crippen molar-refractivity contribution in [3.8, 4) is 11.5 Å². The third-order valence-electron chi connectivity index (χ3n) is 5.34. The summed E-state index contributed by atoms with van der Waals surface area (Å²) in [6, 6.07) is 11.2. The zero-order valence-electron chi connectivity index (χ0n) is 17.6. The first-order valence-corrected chi connectivity index (χ1v) is 10.6. The van der Waals surface area contributed by atoms with Crippen LogP contribution in [0.3, 0.4) is 0 Å². The lowest BCUT2D eigenvalue weighted by Gasteiger charge is -2.25. The van der Waals surface area contributed by atoms with E-state index in [1.807, 2.05) is 18.4 Å². The first-order valence-electron chi connectivity index (χ1n) is 9.70. The van der Waals surface area contributed by atoms with Gasteiger partial charge in [0.05, 0.1) is 25.4 Å². The van der Waals surface area contributed by atoms with Gasteiger partial charge in [-0.25, -0.2) is 4.39 Å². The molecule has 1 N–H and O–H groups in total. The number of ether oxygens (including phenoxy) is 2. The number of carbonyl (C=O) groups excluding carboxylic acids is 2. The highest BCUT2D eigenvalue weighted by molar-refractivity contribution is 7.10. The molecular weight excluding hydrogens is 433 g/mol. The standard InChI is InChI=1S/C24H20FNO5S/c1-13-9-10-32-23(13)20-19(21(27)17-8-7-16(30-2)12-18(17)31-3)22(28)24(29)26(20)15-6-4-5-14(25)11-15/h4-12,20,27H,1-3H3/b21-19+. The molecule has 0 aliphatic carbocycles. The summed E-state index contributed by atoms with van der Waals surface area (Å²) >= 11 is 1.35. The number of aliphatic hydroxyl groups excluding tert-OH is 1. The minimum atomic E-state index is -0.913. The van der Waals surface area contributed by atoms with Gasteiger partial charge in [0.2, 0.25) is 0 Å². The molecule has 0 spiro atoms. The van der Waals surface area contributed by atoms with E-state index in [2.05, 4.69) is 0 Å². The molecule has 1 amide bonds. The lowest BCUT2D eigenvalue weighted by Crippen LogP contribution is -2.29. The molecule has 1 fully saturated rings. The molecule has 0 saturated carbocycles. The monoisotopic (exact) mass is 453 g/mol. The number of methoxy groups -OCH3 is 2. The molecule has 2 heterocycles. The lowest BCUT2D eigenvalue weighted by molar-refractivity contribution is -0.132. The Morgan fingerprint density at radius 3 is 2.50 bits per heavy atom. The number of hydrogen-bond acceptors (Lipinski definition) is 6. The number of benzene rings is 2. The van der Waals surface area contributed by atoms with E-state index in [-0.39, 0.29) is 28.3 Å². The molecule has 6 nitrogen and oxygen atoms in total. The third-order valence-corrected chi connectivity index (χ3v) is 6.42. The van der Waals surface area contributed by atoms with Crippen LogP contribution in [0.2, 0.25) is 0 Å². The summed E-state index contributed by atoms with van der Waals surface area (Å²) in [6.07, 6.45) is 0. The predicted octanol–water partition coefficient (Wildman–Crippen LogP) is 4.84. The molecule has 1 aliphatic rings. The second-order valence-electron chi connectivity index (χ2n) is 7.18. The minimum absolute atomic E-state index is 0.0896. The number of anilines is 1. The molecule has 0 bridgehead atoms. The summed E-state index contributed by atoms with van der Waals surface area (Å²) in [7, 11) is 2.93. The van der Waals surface area contributed by atoms with Crippen molar-refractivity contribution < 1.29 is 28.6 Å². The summed E-state index contributed by atoms with van der Waals surface area (Å²) in [5, 5.41) is 13.1. The average molecular weight is 453 g/mol. The Labute approximate surface area is 188 Å². The van der Waals surface area contributed by atoms with Gasteiger partial charge < -0.3 is 14.6 Å². The quantitative estimate of drug-likeness (QED) is 0.340. The van der Waals surface area contributed by atoms with Crippen molar-refractivity contribution in [1.82, 2.24) is 0 Å². The largest absolute Gasteiger partial charge is 0.507 e. The summed E-state index contributed by atoms with van der Waals surface area (Å²) in [6.45, 7) is 1.85. The van der Waals surface area contributed by atoms with Crippen LogP contribution in [0.5, 0.6) is 11.5 Å². The molecule has 1 atom stereocenters. The smallest absolute Gasteiger partial charge is 0.300 e. The van der Waals surface area contributed by atoms with Crippen molar-refractivity contribution in [3.05, 3.63) is 81.3 Å². The molecular formula is C24H20FNO5S. The molecule has 164 valence electrons. The van der Waals surface area contributed by atoms with Gasteiger partial charge in [-0.05, 0) is 54.3 Å². The fourth-order valence-electron chi connectivity index (χ4n) is 3.78. The molecule has 2 aromatic carbocycles. The fourth-order valence-corrected chi connectivity index (χ4v) is 4.80. The Balaban J connectivity index is 1.97. The van der Waals surface area contributed by atoms with E-state index >= 15 is 0 Å². The van der Waals surface area contributed by atoms with Gasteiger partial charge in [0.1, 0.15) is 29.1 Å². The molecule has 0 radical (unpaired) electrons. The number of aliphatic hydroxyl groups is 1. The summed E-state index contributed by atoms with van der Waals surface area (Å²) < 4.78 is 24.5. The predicted molar refractivity (Wildman–Crippen MR) is 120 cm³/mol. The van der Waals surface area contributed by atoms with E-state index in [0.29, 0.717) is 10.6 Å². The van der Waals surface area contributed by atoms with E-state index < -0.39 is 23.5 Å². The van der Waals surface area contributed by atoms with Gasteiger partial charge in [-0.1, -0.05) is 6.07 Å². The fraction of sp³-hybridized carbons (Fsp3) is 0.167. The molecule has 32 heavy (non-hydrogen) atoms. The zero-order chi connectivity index (χ0) is 23.0. The van der Waals surface area contributed by atoms with Crippen LogP contribution in [0.15, 0.2) is 59.5 Å². The van der Waals surface area contributed by atoms with Crippen molar-refractivity contribution in [3.63, 3.8) is 0 Å². The molecule has 8 heteroatoms. The Morgan fingerprint density at radius 2 is 1.88 bits per heavy atom. The molecule has 1 aliphatic heterocycles. The number of hydrogen-bond donors (Lipinski definition) is 1. The maximum Gasteiger partial charge on any atom is 0.300 e. The van der Waals surface area contributed by atoms with Crippen LogP contribution in [0.1, 0.15) is 22.0 Å². The maximum atomic E-state index is 14.0. The number of amides is 1. The number of nitrogens with zero attached hydrogens (tertiary/aromatic N) is 1. The van der Waals surface area contributed by atoms with Gasteiger partial charge in [0, 0.05) is 16.6 Å². The highest BCUT2D eigenvalue weighted by atomic mass is 32.1. The highest BCUT2D eigenvalue weighted by Crippen LogP contribution is 2.45. The Morgan fingerprint density at radius 1 is 1.09 bits per heavy atom. The van der Waals surface area contributed by atoms with Gasteiger partial charge in [-0.3, -0.25) is 14.5 Å². The van der Waals surface area contributed by atoms with Crippen LogP contribution < -0.4 is 14.4 Å². The number of ketones is 1. The van der Waals surface area contributed by atoms with Crippen LogP contribution in [-0.2, 0) is 9.59 Å². The van der Waals surface area contributed by atoms with E-state index in [9.17, 15) is 19.1 Å². The lowest BCUT2D eigenvalue weighted by atomic mass is 9.97. The first kappa shape index (κ1) is 21.6. The van der Waals surface area contributed by atoms with Crippen molar-refractivity contribution in [1.29, 1.82) is 0 Å². The molecule has 1 aromatic heterocycles. The highest BCUT2D eigenvalue weighted by Gasteiger charge is 2.48. The van der Waals surface area contributed by atoms with Gasteiger partial charge in [-0.2, -0.15) is 0 Å². The van der Waals surface area contributed by atoms with Crippen LogP contribution >= 0.6 is 11.3 Å². The number of halogens is 1. The van der Waals surface area contributed by atoms with Gasteiger partial charge in [-0.15, -0.1) is 11.3 Å². The van der Waals surface area contributed by atoms with Gasteiger partial charge in [0.15, 0.2) is 0 Å². The SMILES string of the molecule is COc1ccc(/C(O)=C2\C(=O)C(=O)N(c3cccc(F)c3)C2c2sccc2C)c(OC)c1. The second-order valence-corrected chi connectivity index (χ2v) is 8.13. The Kier molecular flexibility index (Phi) is 5.71. The number of rotatable bonds is 5. The second kappa shape index (κ2) is 8.47. The van der Waals surface area contributed by atoms with E-state index in [1.165, 1.54) is 48.7 Å². The third kappa shape index (κ3) is 3.52. The molecule has 3 aromatic rings. The normalized spacial score (nSPS) is 17.6. The van der Waals surface area contributed by atoms with E-state index in [1.54, 1.807) is 24.3 Å². The maximum absolute atomic E-state index is 14.0. The van der Waals surface area contributed by atoms with Crippen molar-refractivity contribution >= 4 is 34.5 Å². The summed E-state index contributed by atoms with van der Waals surface area (Å²) in [5.74, 6) is -1.84. The van der Waals surface area contributed by atoms with Crippen molar-refractivity contribution in [2.24, 2.45) is 0 Å². The van der Waals surface area contributed by atoms with Crippen molar-refractivity contribution in [2.75, 3.05) is 19.1 Å². The van der Waals surface area contributed by atoms with Crippen LogP contribution in [0.4, 0.5) is 10.1 Å². The van der Waals surface area contributed by atoms with Crippen LogP contribution in [0.25, 0.3) is 5.76 Å². The topological polar surface area (TPSA) is 76.1 Å². The average Bonchev–Trinajstić information content (AvgIpc) is 3.33. The van der Waals surface area contributed by atoms with Gasteiger partial charge >= 0.3 is 0 Å². The van der Waals surface area contributed by atoms with E-state index in [0.717, 1.165) is 5.56 Å². The number of Topliss-reactive ketones (excluding diaryl/α,β-unsaturated/α-hetero) is 1. The molecule has 4 rings (SSSR count). The van der Waals surface area contributed by atoms with Crippen LogP contribution in [-0.4, -0.2) is 31.0 Å². The Hall–Kier alpha value is -3.65. The summed E-state index contributed by atoms with van der Waals surface area (Å²) in [5.41, 5.74) is 1.22.